The minimum Gasteiger partial charge on any atom is -0.494 e. The highest BCUT2D eigenvalue weighted by Crippen LogP contribution is 2.17. The van der Waals surface area contributed by atoms with Crippen LogP contribution in [0.15, 0.2) is 48.5 Å². The Morgan fingerprint density at radius 3 is 2.09 bits per heavy atom. The van der Waals surface area contributed by atoms with Crippen LogP contribution in [0.2, 0.25) is 0 Å². The van der Waals surface area contributed by atoms with E-state index in [2.05, 4.69) is 12.2 Å². The van der Waals surface area contributed by atoms with Crippen molar-refractivity contribution in [3.05, 3.63) is 54.1 Å². The maximum atomic E-state index is 11.9. The molecule has 4 heteroatoms. The molecule has 0 aromatic heterocycles. The van der Waals surface area contributed by atoms with E-state index in [9.17, 15) is 4.79 Å². The van der Waals surface area contributed by atoms with Gasteiger partial charge in [-0.3, -0.25) is 4.79 Å². The summed E-state index contributed by atoms with van der Waals surface area (Å²) in [6.45, 7) is 4.68. The number of benzene rings is 2. The third-order valence-electron chi connectivity index (χ3n) is 3.28. The molecule has 0 bridgehead atoms. The lowest BCUT2D eigenvalue weighted by molar-refractivity contribution is -0.118. The molecule has 0 fully saturated rings. The van der Waals surface area contributed by atoms with Crippen LogP contribution in [-0.4, -0.2) is 19.1 Å². The van der Waals surface area contributed by atoms with Crippen molar-refractivity contribution >= 4 is 11.6 Å². The summed E-state index contributed by atoms with van der Waals surface area (Å²) >= 11 is 0. The first kappa shape index (κ1) is 16.9. The standard InChI is InChI=1S/C19H23NO3/c1-3-5-15-6-8-16(9-7-15)20-19(21)14-23-18-12-10-17(11-13-18)22-4-2/h6-13H,3-5,14H2,1-2H3,(H,20,21). The summed E-state index contributed by atoms with van der Waals surface area (Å²) in [4.78, 5) is 11.9. The Kier molecular flexibility index (Phi) is 6.48. The minimum absolute atomic E-state index is 0.0231. The van der Waals surface area contributed by atoms with Crippen molar-refractivity contribution in [2.75, 3.05) is 18.5 Å². The summed E-state index contributed by atoms with van der Waals surface area (Å²) < 4.78 is 10.8. The number of amides is 1. The number of carbonyl (C=O) groups is 1. The summed E-state index contributed by atoms with van der Waals surface area (Å²) in [5.74, 6) is 1.25. The second kappa shape index (κ2) is 8.83. The van der Waals surface area contributed by atoms with E-state index in [1.54, 1.807) is 12.1 Å². The Hall–Kier alpha value is -2.49. The summed E-state index contributed by atoms with van der Waals surface area (Å²) in [5, 5.41) is 2.82. The van der Waals surface area contributed by atoms with Crippen LogP contribution >= 0.6 is 0 Å². The molecular formula is C19H23NO3. The molecular weight excluding hydrogens is 290 g/mol. The maximum Gasteiger partial charge on any atom is 0.262 e. The SMILES string of the molecule is CCCc1ccc(NC(=O)COc2ccc(OCC)cc2)cc1. The zero-order valence-electron chi connectivity index (χ0n) is 13.7. The lowest BCUT2D eigenvalue weighted by Crippen LogP contribution is -2.20. The number of rotatable bonds is 8. The molecule has 0 spiro atoms. The van der Waals surface area contributed by atoms with Crippen molar-refractivity contribution in [3.8, 4) is 11.5 Å². The molecule has 4 nitrogen and oxygen atoms in total. The molecule has 1 N–H and O–H groups in total. The summed E-state index contributed by atoms with van der Waals surface area (Å²) in [7, 11) is 0. The Bertz CT molecular complexity index is 606. The fourth-order valence-corrected chi connectivity index (χ4v) is 2.19. The molecule has 0 aliphatic carbocycles. The van der Waals surface area contributed by atoms with E-state index in [1.807, 2.05) is 43.3 Å². The maximum absolute atomic E-state index is 11.9. The van der Waals surface area contributed by atoms with Crippen LogP contribution < -0.4 is 14.8 Å². The van der Waals surface area contributed by atoms with Gasteiger partial charge in [-0.25, -0.2) is 0 Å². The Balaban J connectivity index is 1.80. The predicted molar refractivity (Wildman–Crippen MR) is 92.2 cm³/mol. The van der Waals surface area contributed by atoms with E-state index in [1.165, 1.54) is 5.56 Å². The summed E-state index contributed by atoms with van der Waals surface area (Å²) in [5.41, 5.74) is 2.06. The van der Waals surface area contributed by atoms with Gasteiger partial charge in [0.1, 0.15) is 11.5 Å². The molecule has 0 saturated heterocycles. The lowest BCUT2D eigenvalue weighted by atomic mass is 10.1. The lowest BCUT2D eigenvalue weighted by Gasteiger charge is -2.09. The van der Waals surface area contributed by atoms with Crippen molar-refractivity contribution in [1.82, 2.24) is 0 Å². The van der Waals surface area contributed by atoms with E-state index < -0.39 is 0 Å². The third-order valence-corrected chi connectivity index (χ3v) is 3.28. The van der Waals surface area contributed by atoms with Gasteiger partial charge < -0.3 is 14.8 Å². The van der Waals surface area contributed by atoms with Gasteiger partial charge in [0.05, 0.1) is 6.61 Å². The predicted octanol–water partition coefficient (Wildman–Crippen LogP) is 4.06. The average molecular weight is 313 g/mol. The van der Waals surface area contributed by atoms with Gasteiger partial charge >= 0.3 is 0 Å². The van der Waals surface area contributed by atoms with Gasteiger partial charge in [-0.15, -0.1) is 0 Å². The topological polar surface area (TPSA) is 47.6 Å². The van der Waals surface area contributed by atoms with Crippen molar-refractivity contribution in [1.29, 1.82) is 0 Å². The third kappa shape index (κ3) is 5.66. The van der Waals surface area contributed by atoms with E-state index in [4.69, 9.17) is 9.47 Å². The summed E-state index contributed by atoms with van der Waals surface area (Å²) in [6.07, 6.45) is 2.16. The summed E-state index contributed by atoms with van der Waals surface area (Å²) in [6, 6.07) is 15.1. The molecule has 0 radical (unpaired) electrons. The molecule has 0 saturated carbocycles. The fraction of sp³-hybridized carbons (Fsp3) is 0.316. The van der Waals surface area contributed by atoms with E-state index in [0.29, 0.717) is 12.4 Å². The van der Waals surface area contributed by atoms with Gasteiger partial charge in [0.2, 0.25) is 0 Å². The first-order chi connectivity index (χ1) is 11.2. The fourth-order valence-electron chi connectivity index (χ4n) is 2.19. The van der Waals surface area contributed by atoms with E-state index >= 15 is 0 Å². The minimum atomic E-state index is -0.179. The van der Waals surface area contributed by atoms with Gasteiger partial charge in [-0.05, 0) is 55.3 Å². The Morgan fingerprint density at radius 2 is 1.52 bits per heavy atom. The Morgan fingerprint density at radius 1 is 0.913 bits per heavy atom. The number of aryl methyl sites for hydroxylation is 1. The molecule has 0 heterocycles. The zero-order valence-corrected chi connectivity index (χ0v) is 13.7. The first-order valence-electron chi connectivity index (χ1n) is 7.95. The van der Waals surface area contributed by atoms with Crippen LogP contribution in [0.5, 0.6) is 11.5 Å². The molecule has 2 aromatic rings. The largest absolute Gasteiger partial charge is 0.494 e. The van der Waals surface area contributed by atoms with Gasteiger partial charge in [0.15, 0.2) is 6.61 Å². The molecule has 23 heavy (non-hydrogen) atoms. The average Bonchev–Trinajstić information content (AvgIpc) is 2.57. The molecule has 2 aromatic carbocycles. The number of carbonyl (C=O) groups excluding carboxylic acids is 1. The van der Waals surface area contributed by atoms with E-state index in [-0.39, 0.29) is 12.5 Å². The van der Waals surface area contributed by atoms with Crippen molar-refractivity contribution in [2.45, 2.75) is 26.7 Å². The highest BCUT2D eigenvalue weighted by molar-refractivity contribution is 5.91. The first-order valence-corrected chi connectivity index (χ1v) is 7.95. The molecule has 0 unspecified atom stereocenters. The smallest absolute Gasteiger partial charge is 0.262 e. The second-order valence-electron chi connectivity index (χ2n) is 5.19. The number of ether oxygens (including phenoxy) is 2. The van der Waals surface area contributed by atoms with Crippen molar-refractivity contribution < 1.29 is 14.3 Å². The highest BCUT2D eigenvalue weighted by atomic mass is 16.5. The number of nitrogens with one attached hydrogen (secondary N) is 1. The molecule has 1 amide bonds. The van der Waals surface area contributed by atoms with Crippen LogP contribution in [0.4, 0.5) is 5.69 Å². The van der Waals surface area contributed by atoms with Crippen molar-refractivity contribution in [3.63, 3.8) is 0 Å². The van der Waals surface area contributed by atoms with E-state index in [0.717, 1.165) is 24.3 Å². The molecule has 0 atom stereocenters. The van der Waals surface area contributed by atoms with Gasteiger partial charge in [0.25, 0.3) is 5.91 Å². The van der Waals surface area contributed by atoms with Crippen LogP contribution in [0, 0.1) is 0 Å². The second-order valence-corrected chi connectivity index (χ2v) is 5.19. The van der Waals surface area contributed by atoms with Crippen LogP contribution in [0.25, 0.3) is 0 Å². The zero-order chi connectivity index (χ0) is 16.5. The Labute approximate surface area is 137 Å². The van der Waals surface area contributed by atoms with Crippen molar-refractivity contribution in [2.24, 2.45) is 0 Å². The molecule has 0 aliphatic rings. The van der Waals surface area contributed by atoms with Gasteiger partial charge in [0, 0.05) is 5.69 Å². The molecule has 122 valence electrons. The number of hydrogen-bond donors (Lipinski definition) is 1. The van der Waals surface area contributed by atoms with Crippen LogP contribution in [0.1, 0.15) is 25.8 Å². The van der Waals surface area contributed by atoms with Gasteiger partial charge in [-0.2, -0.15) is 0 Å². The quantitative estimate of drug-likeness (QED) is 0.799. The number of hydrogen-bond acceptors (Lipinski definition) is 3. The van der Waals surface area contributed by atoms with Crippen LogP contribution in [0.3, 0.4) is 0 Å². The number of anilines is 1. The highest BCUT2D eigenvalue weighted by Gasteiger charge is 2.04. The molecule has 0 aliphatic heterocycles. The molecule has 2 rings (SSSR count). The normalized spacial score (nSPS) is 10.2. The van der Waals surface area contributed by atoms with Gasteiger partial charge in [-0.1, -0.05) is 25.5 Å². The monoisotopic (exact) mass is 313 g/mol. The van der Waals surface area contributed by atoms with Crippen LogP contribution in [-0.2, 0) is 11.2 Å².